The van der Waals surface area contributed by atoms with Crippen molar-refractivity contribution in [2.24, 2.45) is 11.8 Å². The smallest absolute Gasteiger partial charge is 0.227 e. The third kappa shape index (κ3) is 4.87. The van der Waals surface area contributed by atoms with Crippen LogP contribution in [0.25, 0.3) is 0 Å². The Hall–Kier alpha value is -2.37. The van der Waals surface area contributed by atoms with E-state index >= 15 is 0 Å². The van der Waals surface area contributed by atoms with Crippen molar-refractivity contribution in [1.82, 2.24) is 9.80 Å². The monoisotopic (exact) mass is 371 g/mol. The molecule has 1 heterocycles. The first-order valence-corrected chi connectivity index (χ1v) is 9.98. The highest BCUT2D eigenvalue weighted by atomic mass is 16.2. The Bertz CT molecular complexity index is 658. The van der Waals surface area contributed by atoms with Gasteiger partial charge in [-0.05, 0) is 49.8 Å². The molecule has 0 spiro atoms. The van der Waals surface area contributed by atoms with Crippen LogP contribution in [-0.4, -0.2) is 54.2 Å². The van der Waals surface area contributed by atoms with Crippen molar-refractivity contribution in [3.8, 4) is 0 Å². The number of piperazine rings is 1. The summed E-state index contributed by atoms with van der Waals surface area (Å²) >= 11 is 0. The minimum atomic E-state index is -0.0215. The summed E-state index contributed by atoms with van der Waals surface area (Å²) in [7, 11) is 0. The average molecular weight is 371 g/mol. The molecule has 0 unspecified atom stereocenters. The number of aryl methyl sites for hydroxylation is 1. The topological polar surface area (TPSA) is 69.7 Å². The Morgan fingerprint density at radius 3 is 2.15 bits per heavy atom. The molecule has 2 fully saturated rings. The first-order chi connectivity index (χ1) is 13.1. The van der Waals surface area contributed by atoms with Gasteiger partial charge >= 0.3 is 0 Å². The predicted molar refractivity (Wildman–Crippen MR) is 104 cm³/mol. The maximum Gasteiger partial charge on any atom is 0.227 e. The molecule has 1 N–H and O–H groups in total. The summed E-state index contributed by atoms with van der Waals surface area (Å²) in [6.07, 6.45) is 4.87. The van der Waals surface area contributed by atoms with E-state index in [2.05, 4.69) is 12.2 Å². The average Bonchev–Trinajstić information content (AvgIpc) is 2.74. The van der Waals surface area contributed by atoms with Gasteiger partial charge in [-0.25, -0.2) is 0 Å². The van der Waals surface area contributed by atoms with Gasteiger partial charge in [0.2, 0.25) is 18.2 Å². The number of amides is 3. The molecule has 0 atom stereocenters. The fraction of sp³-hybridized carbons (Fsp3) is 0.571. The third-order valence-corrected chi connectivity index (χ3v) is 5.85. The summed E-state index contributed by atoms with van der Waals surface area (Å²) < 4.78 is 0. The Morgan fingerprint density at radius 2 is 1.59 bits per heavy atom. The van der Waals surface area contributed by atoms with Gasteiger partial charge in [-0.15, -0.1) is 0 Å². The van der Waals surface area contributed by atoms with Gasteiger partial charge in [-0.3, -0.25) is 14.4 Å². The van der Waals surface area contributed by atoms with Gasteiger partial charge in [-0.1, -0.05) is 19.1 Å². The van der Waals surface area contributed by atoms with Crippen LogP contribution in [0, 0.1) is 11.8 Å². The molecule has 1 saturated carbocycles. The summed E-state index contributed by atoms with van der Waals surface area (Å²) in [5.74, 6) is 0.242. The zero-order chi connectivity index (χ0) is 19.2. The molecule has 146 valence electrons. The van der Waals surface area contributed by atoms with Gasteiger partial charge < -0.3 is 15.1 Å². The zero-order valence-corrected chi connectivity index (χ0v) is 16.0. The van der Waals surface area contributed by atoms with Crippen molar-refractivity contribution in [3.63, 3.8) is 0 Å². The van der Waals surface area contributed by atoms with E-state index in [1.165, 1.54) is 5.56 Å². The first kappa shape index (κ1) is 19.4. The number of anilines is 1. The molecular weight excluding hydrogens is 342 g/mol. The van der Waals surface area contributed by atoms with Crippen molar-refractivity contribution < 1.29 is 14.4 Å². The Kier molecular flexibility index (Phi) is 6.48. The number of hydrogen-bond acceptors (Lipinski definition) is 3. The van der Waals surface area contributed by atoms with Gasteiger partial charge in [-0.2, -0.15) is 0 Å². The maximum atomic E-state index is 12.7. The molecule has 2 aliphatic rings. The normalized spacial score (nSPS) is 23.0. The number of hydrogen-bond donors (Lipinski definition) is 1. The van der Waals surface area contributed by atoms with E-state index in [1.54, 1.807) is 4.90 Å². The van der Waals surface area contributed by atoms with Crippen molar-refractivity contribution in [3.05, 3.63) is 29.8 Å². The molecule has 1 aromatic rings. The fourth-order valence-electron chi connectivity index (χ4n) is 3.98. The Morgan fingerprint density at radius 1 is 1.00 bits per heavy atom. The molecule has 1 aliphatic heterocycles. The molecule has 3 rings (SSSR count). The van der Waals surface area contributed by atoms with Crippen LogP contribution in [-0.2, 0) is 20.8 Å². The third-order valence-electron chi connectivity index (χ3n) is 5.85. The number of nitrogens with one attached hydrogen (secondary N) is 1. The first-order valence-electron chi connectivity index (χ1n) is 9.98. The fourth-order valence-corrected chi connectivity index (χ4v) is 3.98. The summed E-state index contributed by atoms with van der Waals surface area (Å²) in [4.78, 5) is 39.6. The maximum absolute atomic E-state index is 12.7. The highest BCUT2D eigenvalue weighted by Gasteiger charge is 2.33. The minimum Gasteiger partial charge on any atom is -0.342 e. The number of carbonyl (C=O) groups is 3. The van der Waals surface area contributed by atoms with Crippen LogP contribution in [0.4, 0.5) is 5.69 Å². The Balaban J connectivity index is 1.45. The summed E-state index contributed by atoms with van der Waals surface area (Å²) in [6, 6.07) is 7.97. The van der Waals surface area contributed by atoms with Crippen LogP contribution < -0.4 is 5.32 Å². The van der Waals surface area contributed by atoms with E-state index in [4.69, 9.17) is 0 Å². The summed E-state index contributed by atoms with van der Waals surface area (Å²) in [5, 5.41) is 3.01. The summed E-state index contributed by atoms with van der Waals surface area (Å²) in [5.41, 5.74) is 2.09. The van der Waals surface area contributed by atoms with Crippen LogP contribution in [0.2, 0.25) is 0 Å². The van der Waals surface area contributed by atoms with Crippen molar-refractivity contribution in [2.45, 2.75) is 39.0 Å². The van der Waals surface area contributed by atoms with E-state index in [9.17, 15) is 14.4 Å². The molecule has 27 heavy (non-hydrogen) atoms. The predicted octanol–water partition coefficient (Wildman–Crippen LogP) is 2.29. The summed E-state index contributed by atoms with van der Waals surface area (Å²) in [6.45, 7) is 4.57. The lowest BCUT2D eigenvalue weighted by atomic mass is 9.80. The second-order valence-electron chi connectivity index (χ2n) is 7.55. The lowest BCUT2D eigenvalue weighted by Crippen LogP contribution is -2.50. The van der Waals surface area contributed by atoms with Gasteiger partial charge in [0, 0.05) is 43.7 Å². The molecule has 0 radical (unpaired) electrons. The van der Waals surface area contributed by atoms with Crippen molar-refractivity contribution in [1.29, 1.82) is 0 Å². The number of nitrogens with zero attached hydrogens (tertiary/aromatic N) is 2. The van der Waals surface area contributed by atoms with Crippen LogP contribution in [0.5, 0.6) is 0 Å². The molecular formula is C21H29N3O3. The Labute approximate surface area is 160 Å². The molecule has 1 saturated heterocycles. The van der Waals surface area contributed by atoms with Gasteiger partial charge in [0.15, 0.2) is 0 Å². The van der Waals surface area contributed by atoms with Crippen molar-refractivity contribution >= 4 is 23.9 Å². The van der Waals surface area contributed by atoms with E-state index < -0.39 is 0 Å². The van der Waals surface area contributed by atoms with Gasteiger partial charge in [0.25, 0.3) is 0 Å². The van der Waals surface area contributed by atoms with Crippen LogP contribution in [0.1, 0.15) is 38.2 Å². The van der Waals surface area contributed by atoms with Gasteiger partial charge in [0.05, 0.1) is 0 Å². The highest BCUT2D eigenvalue weighted by molar-refractivity contribution is 5.92. The van der Waals surface area contributed by atoms with Crippen LogP contribution in [0.3, 0.4) is 0 Å². The molecule has 3 amide bonds. The minimum absolute atomic E-state index is 0.0145. The molecule has 6 heteroatoms. The molecule has 1 aromatic carbocycles. The quantitative estimate of drug-likeness (QED) is 0.808. The van der Waals surface area contributed by atoms with E-state index in [0.29, 0.717) is 26.2 Å². The molecule has 6 nitrogen and oxygen atoms in total. The van der Waals surface area contributed by atoms with Crippen LogP contribution >= 0.6 is 0 Å². The SMILES string of the molecule is CCc1ccc(NC(=O)C2CCC(C(=O)N3CCN(C=O)CC3)CC2)cc1. The number of rotatable bonds is 5. The number of carbonyl (C=O) groups excluding carboxylic acids is 3. The van der Waals surface area contributed by atoms with E-state index in [-0.39, 0.29) is 23.7 Å². The lowest BCUT2D eigenvalue weighted by molar-refractivity contribution is -0.140. The molecule has 1 aliphatic carbocycles. The second-order valence-corrected chi connectivity index (χ2v) is 7.55. The highest BCUT2D eigenvalue weighted by Crippen LogP contribution is 2.31. The zero-order valence-electron chi connectivity index (χ0n) is 16.0. The van der Waals surface area contributed by atoms with Gasteiger partial charge in [0.1, 0.15) is 0 Å². The molecule has 0 aromatic heterocycles. The second kappa shape index (κ2) is 9.02. The molecule has 0 bridgehead atoms. The van der Waals surface area contributed by atoms with E-state index in [0.717, 1.165) is 44.2 Å². The van der Waals surface area contributed by atoms with Crippen LogP contribution in [0.15, 0.2) is 24.3 Å². The number of benzene rings is 1. The van der Waals surface area contributed by atoms with Crippen molar-refractivity contribution in [2.75, 3.05) is 31.5 Å². The lowest BCUT2D eigenvalue weighted by Gasteiger charge is -2.36. The van der Waals surface area contributed by atoms with E-state index in [1.807, 2.05) is 29.2 Å². The standard InChI is InChI=1S/C21H29N3O3/c1-2-16-3-9-19(10-4-16)22-20(26)17-5-7-18(8-6-17)21(27)24-13-11-23(15-25)12-14-24/h3-4,9-10,15,17-18H,2,5-8,11-14H2,1H3,(H,22,26). The largest absolute Gasteiger partial charge is 0.342 e.